The standard InChI is InChI=1S/C18H24N2O2/c1-14-12-19(17-8-3-2-7-16(14)17)13-18(22)20-10-5-4-6-15(20)9-11-21/h2-3,7-8,12,15,21H,4-6,9-11,13H2,1H3. The van der Waals surface area contributed by atoms with Gasteiger partial charge in [-0.2, -0.15) is 0 Å². The van der Waals surface area contributed by atoms with E-state index in [1.54, 1.807) is 0 Å². The fraction of sp³-hybridized carbons (Fsp3) is 0.500. The van der Waals surface area contributed by atoms with E-state index in [9.17, 15) is 9.90 Å². The number of nitrogens with zero attached hydrogens (tertiary/aromatic N) is 2. The number of aliphatic hydroxyl groups excluding tert-OH is 1. The zero-order valence-electron chi connectivity index (χ0n) is 13.2. The third-order valence-electron chi connectivity index (χ3n) is 4.70. The van der Waals surface area contributed by atoms with Crippen LogP contribution >= 0.6 is 0 Å². The molecule has 118 valence electrons. The minimum Gasteiger partial charge on any atom is -0.396 e. The van der Waals surface area contributed by atoms with Crippen LogP contribution in [-0.4, -0.2) is 39.7 Å². The molecule has 1 aliphatic rings. The lowest BCUT2D eigenvalue weighted by molar-refractivity contribution is -0.135. The van der Waals surface area contributed by atoms with Crippen molar-refractivity contribution < 1.29 is 9.90 Å². The monoisotopic (exact) mass is 300 g/mol. The fourth-order valence-electron chi connectivity index (χ4n) is 3.58. The van der Waals surface area contributed by atoms with Gasteiger partial charge in [-0.3, -0.25) is 4.79 Å². The fourth-order valence-corrected chi connectivity index (χ4v) is 3.58. The van der Waals surface area contributed by atoms with Crippen molar-refractivity contribution in [3.05, 3.63) is 36.0 Å². The molecule has 2 aromatic rings. The second-order valence-electron chi connectivity index (χ2n) is 6.21. The van der Waals surface area contributed by atoms with Crippen molar-refractivity contribution in [2.75, 3.05) is 13.2 Å². The van der Waals surface area contributed by atoms with Crippen LogP contribution in [0.15, 0.2) is 30.5 Å². The van der Waals surface area contributed by atoms with Gasteiger partial charge >= 0.3 is 0 Å². The number of fused-ring (bicyclic) bond motifs is 1. The summed E-state index contributed by atoms with van der Waals surface area (Å²) in [4.78, 5) is 14.7. The molecular formula is C18H24N2O2. The number of rotatable bonds is 4. The number of hydrogen-bond acceptors (Lipinski definition) is 2. The molecule has 2 heterocycles. The molecule has 4 nitrogen and oxygen atoms in total. The number of benzene rings is 1. The molecule has 22 heavy (non-hydrogen) atoms. The summed E-state index contributed by atoms with van der Waals surface area (Å²) in [6, 6.07) is 8.41. The van der Waals surface area contributed by atoms with Gasteiger partial charge in [0.05, 0.1) is 0 Å². The first-order valence-corrected chi connectivity index (χ1v) is 8.15. The largest absolute Gasteiger partial charge is 0.396 e. The molecule has 1 unspecified atom stereocenters. The number of aromatic nitrogens is 1. The summed E-state index contributed by atoms with van der Waals surface area (Å²) in [6.07, 6.45) is 5.99. The highest BCUT2D eigenvalue weighted by Gasteiger charge is 2.26. The highest BCUT2D eigenvalue weighted by molar-refractivity contribution is 5.86. The summed E-state index contributed by atoms with van der Waals surface area (Å²) in [5.41, 5.74) is 2.32. The zero-order valence-corrected chi connectivity index (χ0v) is 13.2. The third kappa shape index (κ3) is 2.88. The van der Waals surface area contributed by atoms with E-state index in [2.05, 4.69) is 29.8 Å². The Morgan fingerprint density at radius 2 is 2.14 bits per heavy atom. The van der Waals surface area contributed by atoms with Gasteiger partial charge in [0.2, 0.25) is 5.91 Å². The van der Waals surface area contributed by atoms with E-state index < -0.39 is 0 Å². The minimum atomic E-state index is 0.153. The van der Waals surface area contributed by atoms with Crippen molar-refractivity contribution in [2.45, 2.75) is 45.2 Å². The Morgan fingerprint density at radius 3 is 2.95 bits per heavy atom. The van der Waals surface area contributed by atoms with Gasteiger partial charge in [0.1, 0.15) is 6.54 Å². The molecule has 0 saturated carbocycles. The summed E-state index contributed by atoms with van der Waals surface area (Å²) in [5.74, 6) is 0.166. The first-order valence-electron chi connectivity index (χ1n) is 8.15. The van der Waals surface area contributed by atoms with Crippen LogP contribution in [0.25, 0.3) is 10.9 Å². The first kappa shape index (κ1) is 15.1. The molecule has 1 aliphatic heterocycles. The van der Waals surface area contributed by atoms with E-state index in [1.807, 2.05) is 17.0 Å². The van der Waals surface area contributed by atoms with Gasteiger partial charge in [0.15, 0.2) is 0 Å². The van der Waals surface area contributed by atoms with Gasteiger partial charge in [0.25, 0.3) is 0 Å². The molecule has 1 aromatic heterocycles. The molecule has 0 bridgehead atoms. The molecule has 1 amide bonds. The van der Waals surface area contributed by atoms with Crippen molar-refractivity contribution in [2.24, 2.45) is 0 Å². The van der Waals surface area contributed by atoms with E-state index in [1.165, 1.54) is 10.9 Å². The quantitative estimate of drug-likeness (QED) is 0.943. The van der Waals surface area contributed by atoms with Crippen LogP contribution in [0.4, 0.5) is 0 Å². The smallest absolute Gasteiger partial charge is 0.242 e. The number of carbonyl (C=O) groups is 1. The second kappa shape index (κ2) is 6.53. The van der Waals surface area contributed by atoms with Crippen molar-refractivity contribution >= 4 is 16.8 Å². The minimum absolute atomic E-state index is 0.153. The van der Waals surface area contributed by atoms with Crippen LogP contribution in [-0.2, 0) is 11.3 Å². The molecule has 0 aliphatic carbocycles. The van der Waals surface area contributed by atoms with Gasteiger partial charge < -0.3 is 14.6 Å². The van der Waals surface area contributed by atoms with Crippen LogP contribution in [0.5, 0.6) is 0 Å². The summed E-state index contributed by atoms with van der Waals surface area (Å²) in [5, 5.41) is 10.4. The SMILES string of the molecule is Cc1cn(CC(=O)N2CCCCC2CCO)c2ccccc12. The van der Waals surface area contributed by atoms with Crippen molar-refractivity contribution in [3.8, 4) is 0 Å². The number of piperidine rings is 1. The summed E-state index contributed by atoms with van der Waals surface area (Å²) in [6.45, 7) is 3.44. The first-order chi connectivity index (χ1) is 10.7. The number of para-hydroxylation sites is 1. The topological polar surface area (TPSA) is 45.5 Å². The highest BCUT2D eigenvalue weighted by atomic mass is 16.3. The van der Waals surface area contributed by atoms with Gasteiger partial charge in [0, 0.05) is 36.3 Å². The predicted molar refractivity (Wildman–Crippen MR) is 87.7 cm³/mol. The third-order valence-corrected chi connectivity index (χ3v) is 4.70. The van der Waals surface area contributed by atoms with E-state index in [-0.39, 0.29) is 18.6 Å². The number of aryl methyl sites for hydroxylation is 1. The maximum absolute atomic E-state index is 12.7. The molecule has 4 heteroatoms. The molecule has 1 saturated heterocycles. The normalized spacial score (nSPS) is 18.8. The summed E-state index contributed by atoms with van der Waals surface area (Å²) in [7, 11) is 0. The predicted octanol–water partition coefficient (Wildman–Crippen LogP) is 2.71. The lowest BCUT2D eigenvalue weighted by atomic mass is 9.99. The average Bonchev–Trinajstić information content (AvgIpc) is 2.85. The molecule has 0 spiro atoms. The maximum atomic E-state index is 12.7. The number of aliphatic hydroxyl groups is 1. The lowest BCUT2D eigenvalue weighted by Crippen LogP contribution is -2.45. The van der Waals surface area contributed by atoms with Crippen LogP contribution in [0.1, 0.15) is 31.2 Å². The van der Waals surface area contributed by atoms with Gasteiger partial charge in [-0.15, -0.1) is 0 Å². The van der Waals surface area contributed by atoms with E-state index in [4.69, 9.17) is 0 Å². The number of amides is 1. The van der Waals surface area contributed by atoms with E-state index in [0.29, 0.717) is 13.0 Å². The average molecular weight is 300 g/mol. The molecule has 1 atom stereocenters. The maximum Gasteiger partial charge on any atom is 0.242 e. The summed E-state index contributed by atoms with van der Waals surface area (Å²) < 4.78 is 2.05. The Kier molecular flexibility index (Phi) is 4.48. The molecule has 1 N–H and O–H groups in total. The molecule has 3 rings (SSSR count). The molecular weight excluding hydrogens is 276 g/mol. The second-order valence-corrected chi connectivity index (χ2v) is 6.21. The Morgan fingerprint density at radius 1 is 1.32 bits per heavy atom. The van der Waals surface area contributed by atoms with Gasteiger partial charge in [-0.25, -0.2) is 0 Å². The molecule has 0 radical (unpaired) electrons. The van der Waals surface area contributed by atoms with Gasteiger partial charge in [-0.1, -0.05) is 18.2 Å². The number of carbonyl (C=O) groups excluding carboxylic acids is 1. The highest BCUT2D eigenvalue weighted by Crippen LogP contribution is 2.23. The van der Waals surface area contributed by atoms with Crippen molar-refractivity contribution in [3.63, 3.8) is 0 Å². The van der Waals surface area contributed by atoms with Crippen molar-refractivity contribution in [1.82, 2.24) is 9.47 Å². The Hall–Kier alpha value is -1.81. The van der Waals surface area contributed by atoms with E-state index >= 15 is 0 Å². The van der Waals surface area contributed by atoms with Crippen LogP contribution in [0.2, 0.25) is 0 Å². The number of hydrogen-bond donors (Lipinski definition) is 1. The Balaban J connectivity index is 1.80. The lowest BCUT2D eigenvalue weighted by Gasteiger charge is -2.35. The Labute approximate surface area is 131 Å². The van der Waals surface area contributed by atoms with Crippen LogP contribution in [0, 0.1) is 6.92 Å². The summed E-state index contributed by atoms with van der Waals surface area (Å²) >= 11 is 0. The van der Waals surface area contributed by atoms with E-state index in [0.717, 1.165) is 31.3 Å². The van der Waals surface area contributed by atoms with Crippen LogP contribution in [0.3, 0.4) is 0 Å². The molecule has 1 fully saturated rings. The molecule has 1 aromatic carbocycles. The zero-order chi connectivity index (χ0) is 15.5. The number of likely N-dealkylation sites (tertiary alicyclic amines) is 1. The van der Waals surface area contributed by atoms with Crippen LogP contribution < -0.4 is 0 Å². The Bertz CT molecular complexity index is 660. The van der Waals surface area contributed by atoms with Gasteiger partial charge in [-0.05, 0) is 44.2 Å². The van der Waals surface area contributed by atoms with Crippen molar-refractivity contribution in [1.29, 1.82) is 0 Å².